The molecule has 2 rings (SSSR count). The molecule has 1 aliphatic carbocycles. The first kappa shape index (κ1) is 17.8. The van der Waals surface area contributed by atoms with E-state index in [4.69, 9.17) is 0 Å². The van der Waals surface area contributed by atoms with Gasteiger partial charge >= 0.3 is 0 Å². The van der Waals surface area contributed by atoms with E-state index >= 15 is 0 Å². The highest BCUT2D eigenvalue weighted by Gasteiger charge is 2.26. The Bertz CT molecular complexity index is 628. The summed E-state index contributed by atoms with van der Waals surface area (Å²) in [4.78, 5) is 12.1. The zero-order valence-electron chi connectivity index (χ0n) is 13.7. The molecule has 130 valence electrons. The summed E-state index contributed by atoms with van der Waals surface area (Å²) in [5, 5.41) is 13.9. The lowest BCUT2D eigenvalue weighted by molar-refractivity contribution is -0.119. The van der Waals surface area contributed by atoms with Crippen LogP contribution in [0, 0.1) is 5.92 Å². The summed E-state index contributed by atoms with van der Waals surface area (Å²) < 4.78 is 25.9. The van der Waals surface area contributed by atoms with Crippen molar-refractivity contribution in [2.24, 2.45) is 5.92 Å². The Balaban J connectivity index is 1.92. The van der Waals surface area contributed by atoms with Gasteiger partial charge in [0.05, 0.1) is 0 Å². The SMILES string of the molecule is CCCn1nnnc1CS(=O)(=O)CC(=O)N[C@H]1CCCC[C@H]1C. The number of tetrazole rings is 1. The van der Waals surface area contributed by atoms with E-state index in [0.29, 0.717) is 12.5 Å². The summed E-state index contributed by atoms with van der Waals surface area (Å²) in [6.07, 6.45) is 5.04. The molecule has 1 saturated carbocycles. The van der Waals surface area contributed by atoms with Crippen LogP contribution in [0.3, 0.4) is 0 Å². The first-order valence-corrected chi connectivity index (χ1v) is 9.98. The summed E-state index contributed by atoms with van der Waals surface area (Å²) in [6, 6.07) is 0.0804. The number of carbonyl (C=O) groups excluding carboxylic acids is 1. The number of aryl methyl sites for hydroxylation is 1. The lowest BCUT2D eigenvalue weighted by atomic mass is 9.86. The third kappa shape index (κ3) is 5.26. The molecule has 23 heavy (non-hydrogen) atoms. The Morgan fingerprint density at radius 1 is 1.35 bits per heavy atom. The number of aromatic nitrogens is 4. The molecule has 1 heterocycles. The van der Waals surface area contributed by atoms with Gasteiger partial charge in [-0.1, -0.05) is 26.7 Å². The van der Waals surface area contributed by atoms with Crippen LogP contribution < -0.4 is 5.32 Å². The number of hydrogen-bond donors (Lipinski definition) is 1. The molecule has 8 nitrogen and oxygen atoms in total. The molecule has 1 N–H and O–H groups in total. The number of amides is 1. The maximum atomic E-state index is 12.2. The van der Waals surface area contributed by atoms with Crippen LogP contribution in [0.5, 0.6) is 0 Å². The van der Waals surface area contributed by atoms with E-state index in [1.807, 2.05) is 6.92 Å². The molecule has 0 saturated heterocycles. The zero-order valence-corrected chi connectivity index (χ0v) is 14.5. The number of rotatable bonds is 7. The lowest BCUT2D eigenvalue weighted by Crippen LogP contribution is -2.43. The topological polar surface area (TPSA) is 107 Å². The summed E-state index contributed by atoms with van der Waals surface area (Å²) in [6.45, 7) is 4.61. The van der Waals surface area contributed by atoms with Crippen LogP contribution in [-0.4, -0.2) is 46.3 Å². The predicted octanol–water partition coefficient (Wildman–Crippen LogP) is 0.693. The Labute approximate surface area is 136 Å². The van der Waals surface area contributed by atoms with Crippen molar-refractivity contribution in [3.05, 3.63) is 5.82 Å². The average Bonchev–Trinajstić information content (AvgIpc) is 2.87. The number of carbonyl (C=O) groups is 1. The van der Waals surface area contributed by atoms with Gasteiger partial charge in [-0.3, -0.25) is 4.79 Å². The van der Waals surface area contributed by atoms with Crippen LogP contribution in [0.25, 0.3) is 0 Å². The zero-order chi connectivity index (χ0) is 16.9. The van der Waals surface area contributed by atoms with E-state index in [0.717, 1.165) is 25.7 Å². The Morgan fingerprint density at radius 2 is 2.09 bits per heavy atom. The second-order valence-corrected chi connectivity index (χ2v) is 8.35. The van der Waals surface area contributed by atoms with E-state index < -0.39 is 21.5 Å². The molecule has 0 bridgehead atoms. The minimum atomic E-state index is -3.59. The maximum absolute atomic E-state index is 12.2. The van der Waals surface area contributed by atoms with E-state index in [9.17, 15) is 13.2 Å². The molecule has 1 fully saturated rings. The van der Waals surface area contributed by atoms with Crippen molar-refractivity contribution >= 4 is 15.7 Å². The van der Waals surface area contributed by atoms with Gasteiger partial charge in [0, 0.05) is 12.6 Å². The van der Waals surface area contributed by atoms with Gasteiger partial charge in [0.1, 0.15) is 11.5 Å². The predicted molar refractivity (Wildman–Crippen MR) is 85.2 cm³/mol. The standard InChI is InChI=1S/C14H25N5O3S/c1-3-8-19-13(16-17-18-19)9-23(21,22)10-14(20)15-12-7-5-4-6-11(12)2/h11-12H,3-10H2,1-2H3,(H,15,20)/t11-,12+/m1/s1. The molecule has 0 aliphatic heterocycles. The molecule has 0 radical (unpaired) electrons. The summed E-state index contributed by atoms with van der Waals surface area (Å²) in [5.74, 6) is -0.584. The molecule has 0 unspecified atom stereocenters. The number of sulfone groups is 1. The van der Waals surface area contributed by atoms with Gasteiger partial charge in [-0.2, -0.15) is 0 Å². The van der Waals surface area contributed by atoms with Gasteiger partial charge in [0.25, 0.3) is 0 Å². The third-order valence-corrected chi connectivity index (χ3v) is 5.60. The monoisotopic (exact) mass is 343 g/mol. The van der Waals surface area contributed by atoms with Crippen molar-refractivity contribution in [3.8, 4) is 0 Å². The average molecular weight is 343 g/mol. The number of nitrogens with zero attached hydrogens (tertiary/aromatic N) is 4. The molecule has 9 heteroatoms. The first-order valence-electron chi connectivity index (χ1n) is 8.16. The summed E-state index contributed by atoms with van der Waals surface area (Å²) in [7, 11) is -3.59. The molecular formula is C14H25N5O3S. The van der Waals surface area contributed by atoms with Gasteiger partial charge < -0.3 is 5.32 Å². The number of hydrogen-bond acceptors (Lipinski definition) is 6. The van der Waals surface area contributed by atoms with E-state index in [2.05, 4.69) is 27.8 Å². The molecular weight excluding hydrogens is 318 g/mol. The van der Waals surface area contributed by atoms with Crippen molar-refractivity contribution in [1.29, 1.82) is 0 Å². The van der Waals surface area contributed by atoms with Crippen molar-refractivity contribution in [2.75, 3.05) is 5.75 Å². The lowest BCUT2D eigenvalue weighted by Gasteiger charge is -2.29. The molecule has 0 spiro atoms. The fraction of sp³-hybridized carbons (Fsp3) is 0.857. The van der Waals surface area contributed by atoms with Crippen LogP contribution in [0.1, 0.15) is 51.8 Å². The fourth-order valence-electron chi connectivity index (χ4n) is 2.94. The first-order chi connectivity index (χ1) is 10.9. The van der Waals surface area contributed by atoms with Gasteiger partial charge in [-0.25, -0.2) is 13.1 Å². The third-order valence-electron chi connectivity index (χ3n) is 4.20. The highest BCUT2D eigenvalue weighted by atomic mass is 32.2. The second kappa shape index (κ2) is 7.85. The largest absolute Gasteiger partial charge is 0.352 e. The quantitative estimate of drug-likeness (QED) is 0.781. The highest BCUT2D eigenvalue weighted by molar-refractivity contribution is 7.91. The normalized spacial score (nSPS) is 22.0. The fourth-order valence-corrected chi connectivity index (χ4v) is 4.12. The minimum Gasteiger partial charge on any atom is -0.352 e. The van der Waals surface area contributed by atoms with Crippen LogP contribution >= 0.6 is 0 Å². The van der Waals surface area contributed by atoms with Crippen LogP contribution in [0.4, 0.5) is 0 Å². The van der Waals surface area contributed by atoms with Gasteiger partial charge in [-0.15, -0.1) is 5.10 Å². The van der Waals surface area contributed by atoms with E-state index in [-0.39, 0.29) is 17.6 Å². The Hall–Kier alpha value is -1.51. The van der Waals surface area contributed by atoms with E-state index in [1.165, 1.54) is 11.1 Å². The van der Waals surface area contributed by atoms with Crippen molar-refractivity contribution in [3.63, 3.8) is 0 Å². The maximum Gasteiger partial charge on any atom is 0.235 e. The molecule has 2 atom stereocenters. The van der Waals surface area contributed by atoms with Crippen molar-refractivity contribution in [1.82, 2.24) is 25.5 Å². The van der Waals surface area contributed by atoms with Crippen molar-refractivity contribution < 1.29 is 13.2 Å². The highest BCUT2D eigenvalue weighted by Crippen LogP contribution is 2.23. The Morgan fingerprint density at radius 3 is 2.78 bits per heavy atom. The van der Waals surface area contributed by atoms with E-state index in [1.54, 1.807) is 0 Å². The molecule has 1 aromatic heterocycles. The van der Waals surface area contributed by atoms with Crippen LogP contribution in [-0.2, 0) is 26.9 Å². The molecule has 1 amide bonds. The smallest absolute Gasteiger partial charge is 0.235 e. The van der Waals surface area contributed by atoms with Gasteiger partial charge in [-0.05, 0) is 35.6 Å². The molecule has 0 aromatic carbocycles. The van der Waals surface area contributed by atoms with Gasteiger partial charge in [0.15, 0.2) is 15.7 Å². The van der Waals surface area contributed by atoms with Gasteiger partial charge in [0.2, 0.25) is 5.91 Å². The second-order valence-electron chi connectivity index (χ2n) is 6.29. The van der Waals surface area contributed by atoms with Crippen molar-refractivity contribution in [2.45, 2.75) is 64.3 Å². The minimum absolute atomic E-state index is 0.0804. The number of nitrogens with one attached hydrogen (secondary N) is 1. The van der Waals surface area contributed by atoms with Crippen LogP contribution in [0.2, 0.25) is 0 Å². The van der Waals surface area contributed by atoms with Crippen LogP contribution in [0.15, 0.2) is 0 Å². The summed E-state index contributed by atoms with van der Waals surface area (Å²) in [5.41, 5.74) is 0. The molecule has 1 aliphatic rings. The summed E-state index contributed by atoms with van der Waals surface area (Å²) >= 11 is 0. The Kier molecular flexibility index (Phi) is 6.09. The molecule has 1 aromatic rings.